The highest BCUT2D eigenvalue weighted by molar-refractivity contribution is 6.00. The fraction of sp³-hybridized carbons (Fsp3) is 0.435. The topological polar surface area (TPSA) is 40.5 Å². The molecule has 2 aliphatic rings. The van der Waals surface area contributed by atoms with Crippen molar-refractivity contribution in [2.75, 3.05) is 19.6 Å². The summed E-state index contributed by atoms with van der Waals surface area (Å²) in [5, 5.41) is 9.52. The number of piperidine rings is 1. The number of aliphatic hydroxyl groups is 1. The number of ketones is 1. The van der Waals surface area contributed by atoms with Crippen LogP contribution in [0.25, 0.3) is 0 Å². The minimum atomic E-state index is -4.21. The second-order valence-corrected chi connectivity index (χ2v) is 7.65. The largest absolute Gasteiger partial charge is 0.416 e. The average molecular weight is 405 g/mol. The van der Waals surface area contributed by atoms with Gasteiger partial charge < -0.3 is 10.0 Å². The number of Topliss-reactive ketones (excluding diaryl/α,β-unsaturated/α-hetero) is 1. The highest BCUT2D eigenvalue weighted by Gasteiger charge is 2.30. The van der Waals surface area contributed by atoms with Crippen molar-refractivity contribution in [3.05, 3.63) is 71.3 Å². The van der Waals surface area contributed by atoms with Gasteiger partial charge in [0.2, 0.25) is 0 Å². The van der Waals surface area contributed by atoms with Gasteiger partial charge >= 0.3 is 6.18 Å². The first kappa shape index (κ1) is 21.5. The Bertz CT molecular complexity index is 799. The van der Waals surface area contributed by atoms with E-state index in [1.165, 1.54) is 17.7 Å². The zero-order chi connectivity index (χ0) is 20.9. The molecule has 4 rings (SSSR count). The molecule has 29 heavy (non-hydrogen) atoms. The number of nitrogens with zero attached hydrogens (tertiary/aromatic N) is 1. The van der Waals surface area contributed by atoms with E-state index in [1.54, 1.807) is 6.07 Å². The van der Waals surface area contributed by atoms with Crippen LogP contribution in [-0.4, -0.2) is 41.5 Å². The number of aryl methyl sites for hydroxylation is 1. The Labute approximate surface area is 169 Å². The van der Waals surface area contributed by atoms with Crippen LogP contribution in [0.1, 0.15) is 40.7 Å². The number of alkyl halides is 3. The van der Waals surface area contributed by atoms with Gasteiger partial charge in [-0.3, -0.25) is 4.79 Å². The first-order chi connectivity index (χ1) is 13.8. The van der Waals surface area contributed by atoms with Crippen LogP contribution in [0.15, 0.2) is 54.6 Å². The van der Waals surface area contributed by atoms with Gasteiger partial charge in [-0.1, -0.05) is 54.6 Å². The Kier molecular flexibility index (Phi) is 7.09. The monoisotopic (exact) mass is 405 g/mol. The molecule has 1 fully saturated rings. The minimum Gasteiger partial charge on any atom is -0.393 e. The third-order valence-corrected chi connectivity index (χ3v) is 5.55. The molecule has 1 atom stereocenters. The number of rotatable bonds is 2. The first-order valence-corrected chi connectivity index (χ1v) is 9.99. The van der Waals surface area contributed by atoms with Gasteiger partial charge in [-0.25, -0.2) is 0 Å². The molecule has 0 radical (unpaired) electrons. The number of aliphatic hydroxyl groups excluding tert-OH is 1. The van der Waals surface area contributed by atoms with Gasteiger partial charge in [0.15, 0.2) is 5.78 Å². The van der Waals surface area contributed by atoms with Gasteiger partial charge in [-0.05, 0) is 31.2 Å². The van der Waals surface area contributed by atoms with E-state index >= 15 is 0 Å². The van der Waals surface area contributed by atoms with Crippen LogP contribution >= 0.6 is 0 Å². The maximum atomic E-state index is 12.5. The molecule has 1 N–H and O–H groups in total. The number of benzene rings is 2. The van der Waals surface area contributed by atoms with Crippen molar-refractivity contribution in [2.24, 2.45) is 5.92 Å². The van der Waals surface area contributed by atoms with Crippen molar-refractivity contribution in [3.63, 3.8) is 0 Å². The van der Waals surface area contributed by atoms with Gasteiger partial charge in [0.1, 0.15) is 0 Å². The maximum Gasteiger partial charge on any atom is 0.416 e. The summed E-state index contributed by atoms with van der Waals surface area (Å²) in [4.78, 5) is 14.8. The highest BCUT2D eigenvalue weighted by atomic mass is 19.4. The van der Waals surface area contributed by atoms with Crippen molar-refractivity contribution in [1.82, 2.24) is 4.90 Å². The summed E-state index contributed by atoms with van der Waals surface area (Å²) < 4.78 is 35.4. The predicted molar refractivity (Wildman–Crippen MR) is 106 cm³/mol. The molecular formula is C23H26F3NO2. The highest BCUT2D eigenvalue weighted by Crippen LogP contribution is 2.28. The van der Waals surface area contributed by atoms with Gasteiger partial charge in [0.05, 0.1) is 11.7 Å². The SMILES string of the molecule is FC(F)(F)c1ccccc1.O=C1c2ccccc2CCC1CN1CCC(O)CC1. The summed E-state index contributed by atoms with van der Waals surface area (Å²) in [5.74, 6) is 0.457. The molecule has 156 valence electrons. The lowest BCUT2D eigenvalue weighted by molar-refractivity contribution is -0.137. The summed E-state index contributed by atoms with van der Waals surface area (Å²) >= 11 is 0. The summed E-state index contributed by atoms with van der Waals surface area (Å²) in [7, 11) is 0. The van der Waals surface area contributed by atoms with E-state index in [2.05, 4.69) is 11.0 Å². The van der Waals surface area contributed by atoms with Crippen molar-refractivity contribution in [1.29, 1.82) is 0 Å². The van der Waals surface area contributed by atoms with Gasteiger partial charge in [-0.15, -0.1) is 0 Å². The minimum absolute atomic E-state index is 0.140. The van der Waals surface area contributed by atoms with E-state index in [9.17, 15) is 23.1 Å². The van der Waals surface area contributed by atoms with Crippen LogP contribution in [0, 0.1) is 5.92 Å². The lowest BCUT2D eigenvalue weighted by atomic mass is 9.82. The van der Waals surface area contributed by atoms with Crippen molar-refractivity contribution in [2.45, 2.75) is 38.0 Å². The third kappa shape index (κ3) is 5.90. The average Bonchev–Trinajstić information content (AvgIpc) is 2.72. The number of carbonyl (C=O) groups is 1. The standard InChI is InChI=1S/C16H21NO2.C7H5F3/c18-14-7-9-17(10-8-14)11-13-6-5-12-3-1-2-4-15(12)16(13)19;8-7(9,10)6-4-2-1-3-5-6/h1-4,13-14,18H,5-11H2;1-5H. The predicted octanol–water partition coefficient (Wildman–Crippen LogP) is 4.59. The number of fused-ring (bicyclic) bond motifs is 1. The summed E-state index contributed by atoms with van der Waals surface area (Å²) in [6, 6.07) is 14.4. The third-order valence-electron chi connectivity index (χ3n) is 5.55. The normalized spacial score (nSPS) is 20.6. The molecule has 2 aromatic rings. The second kappa shape index (κ2) is 9.55. The fourth-order valence-corrected chi connectivity index (χ4v) is 3.87. The van der Waals surface area contributed by atoms with E-state index in [0.29, 0.717) is 5.78 Å². The Morgan fingerprint density at radius 3 is 2.17 bits per heavy atom. The molecule has 0 amide bonds. The molecule has 0 aromatic heterocycles. The smallest absolute Gasteiger partial charge is 0.393 e. The van der Waals surface area contributed by atoms with Crippen LogP contribution < -0.4 is 0 Å². The van der Waals surface area contributed by atoms with Gasteiger partial charge in [-0.2, -0.15) is 13.2 Å². The number of hydrogen-bond donors (Lipinski definition) is 1. The molecule has 1 saturated heterocycles. The second-order valence-electron chi connectivity index (χ2n) is 7.65. The molecule has 2 aromatic carbocycles. The number of hydrogen-bond acceptors (Lipinski definition) is 3. The zero-order valence-corrected chi connectivity index (χ0v) is 16.2. The summed E-state index contributed by atoms with van der Waals surface area (Å²) in [6.45, 7) is 2.71. The Morgan fingerprint density at radius 2 is 1.55 bits per heavy atom. The Morgan fingerprint density at radius 1 is 0.931 bits per heavy atom. The maximum absolute atomic E-state index is 12.5. The molecule has 1 aliphatic carbocycles. The summed E-state index contributed by atoms with van der Waals surface area (Å²) in [5.41, 5.74) is 1.53. The van der Waals surface area contributed by atoms with Crippen molar-refractivity contribution >= 4 is 5.78 Å². The Hall–Kier alpha value is -2.18. The van der Waals surface area contributed by atoms with Gasteiger partial charge in [0.25, 0.3) is 0 Å². The van der Waals surface area contributed by atoms with Crippen LogP contribution in [0.5, 0.6) is 0 Å². The summed E-state index contributed by atoms with van der Waals surface area (Å²) in [6.07, 6.45) is -0.673. The lowest BCUT2D eigenvalue weighted by Gasteiger charge is -2.33. The van der Waals surface area contributed by atoms with E-state index in [-0.39, 0.29) is 12.0 Å². The number of likely N-dealkylation sites (tertiary alicyclic amines) is 1. The van der Waals surface area contributed by atoms with E-state index in [1.807, 2.05) is 18.2 Å². The van der Waals surface area contributed by atoms with E-state index in [0.717, 1.165) is 63.0 Å². The molecule has 3 nitrogen and oxygen atoms in total. The molecule has 1 heterocycles. The van der Waals surface area contributed by atoms with E-state index < -0.39 is 11.7 Å². The zero-order valence-electron chi connectivity index (χ0n) is 16.2. The van der Waals surface area contributed by atoms with Gasteiger partial charge in [0, 0.05) is 31.1 Å². The quantitative estimate of drug-likeness (QED) is 0.794. The lowest BCUT2D eigenvalue weighted by Crippen LogP contribution is -2.41. The number of halogens is 3. The molecule has 1 aliphatic heterocycles. The molecular weight excluding hydrogens is 379 g/mol. The number of carbonyl (C=O) groups excluding carboxylic acids is 1. The first-order valence-electron chi connectivity index (χ1n) is 9.99. The van der Waals surface area contributed by atoms with Crippen molar-refractivity contribution < 1.29 is 23.1 Å². The Balaban J connectivity index is 0.000000204. The van der Waals surface area contributed by atoms with E-state index in [4.69, 9.17) is 0 Å². The molecule has 1 unspecified atom stereocenters. The van der Waals surface area contributed by atoms with Crippen LogP contribution in [-0.2, 0) is 12.6 Å². The fourth-order valence-electron chi connectivity index (χ4n) is 3.87. The van der Waals surface area contributed by atoms with Crippen LogP contribution in [0.3, 0.4) is 0 Å². The molecule has 0 bridgehead atoms. The molecule has 0 saturated carbocycles. The molecule has 6 heteroatoms. The molecule has 0 spiro atoms. The van der Waals surface area contributed by atoms with Crippen molar-refractivity contribution in [3.8, 4) is 0 Å². The van der Waals surface area contributed by atoms with Crippen LogP contribution in [0.4, 0.5) is 13.2 Å². The van der Waals surface area contributed by atoms with Crippen LogP contribution in [0.2, 0.25) is 0 Å².